The van der Waals surface area contributed by atoms with E-state index in [9.17, 15) is 19.2 Å². The first-order valence-electron chi connectivity index (χ1n) is 23.6. The van der Waals surface area contributed by atoms with Crippen LogP contribution >= 0.6 is 0 Å². The van der Waals surface area contributed by atoms with Crippen molar-refractivity contribution in [3.8, 4) is 0 Å². The number of hydrogen-bond acceptors (Lipinski definition) is 13. The molecule has 0 aromatic heterocycles. The zero-order valence-corrected chi connectivity index (χ0v) is 42.4. The zero-order chi connectivity index (χ0) is 49.5. The third-order valence-corrected chi connectivity index (χ3v) is 13.7. The number of allylic oxidation sites excluding steroid dienone is 2. The van der Waals surface area contributed by atoms with E-state index in [1.165, 1.54) is 13.2 Å². The van der Waals surface area contributed by atoms with Crippen molar-refractivity contribution in [3.05, 3.63) is 59.8 Å². The monoisotopic (exact) mass is 933 g/mol. The lowest BCUT2D eigenvalue weighted by atomic mass is 9.81. The fourth-order valence-electron chi connectivity index (χ4n) is 9.31. The van der Waals surface area contributed by atoms with Crippen LogP contribution in [0.4, 0.5) is 0 Å². The molecule has 1 unspecified atom stereocenters. The molecule has 2 rings (SSSR count). The average Bonchev–Trinajstić information content (AvgIpc) is 3.29. The summed E-state index contributed by atoms with van der Waals surface area (Å²) >= 11 is 0. The van der Waals surface area contributed by atoms with Gasteiger partial charge in [-0.2, -0.15) is 0 Å². The van der Waals surface area contributed by atoms with E-state index in [4.69, 9.17) is 47.7 Å². The number of carboxylic acid groups (broad SMARTS) is 1. The Bertz CT molecular complexity index is 1630. The summed E-state index contributed by atoms with van der Waals surface area (Å²) in [5, 5.41) is 9.17. The molecule has 2 bridgehead atoms. The molecule has 2 aliphatic rings. The van der Waals surface area contributed by atoms with Crippen LogP contribution < -0.4 is 0 Å². The van der Waals surface area contributed by atoms with Gasteiger partial charge in [-0.15, -0.1) is 0 Å². The van der Waals surface area contributed by atoms with Crippen molar-refractivity contribution < 1.29 is 66.9 Å². The Morgan fingerprint density at radius 2 is 1.35 bits per heavy atom. The predicted molar refractivity (Wildman–Crippen MR) is 254 cm³/mol. The lowest BCUT2D eigenvalue weighted by Gasteiger charge is -2.35. The molecule has 0 aliphatic carbocycles. The lowest BCUT2D eigenvalue weighted by Crippen LogP contribution is -2.41. The molecule has 0 saturated heterocycles. The Labute approximate surface area is 395 Å². The standard InChI is InChI=1S/C52H84O14/c1-32-16-15-17-49(56)66-52(38(7)51(64-14)34(3)20-23-43(53)36(5)44(61-11)24-25-48(54)55)35(4)19-22-40(58-8)30-45(62-12)33(2)18-21-41(59-9)31-46(63-13)37(6)47-28-39(29-50(57)65-47)27-42(26-32)60-10/h15-19,21-22,29,33-38,40-42,44-47,51-52H,20,23-28,30-31H2,1-14H3,(H,54,55)/b17-15+,21-18+,22-19+,32-16+/t33-,34-,35-,36-,37+,38-,40-,41-,42?,44+,45-,46+,47+,51-,52-/m0/s1. The fraction of sp³-hybridized carbons (Fsp3) is 0.731. The van der Waals surface area contributed by atoms with E-state index in [2.05, 4.69) is 13.0 Å². The number of fused-ring (bicyclic) bond motifs is 2. The Hall–Kier alpha value is -3.50. The van der Waals surface area contributed by atoms with E-state index in [1.54, 1.807) is 61.7 Å². The number of carbonyl (C=O) groups excluding carboxylic acids is 3. The molecule has 14 nitrogen and oxygen atoms in total. The summed E-state index contributed by atoms with van der Waals surface area (Å²) in [7, 11) is 11.5. The van der Waals surface area contributed by atoms with E-state index in [-0.39, 0.29) is 103 Å². The number of hydrogen-bond donors (Lipinski definition) is 1. The number of methoxy groups -OCH3 is 7. The van der Waals surface area contributed by atoms with Crippen molar-refractivity contribution in [3.63, 3.8) is 0 Å². The first kappa shape index (κ1) is 58.6. The molecule has 1 N–H and O–H groups in total. The highest BCUT2D eigenvalue weighted by Crippen LogP contribution is 2.33. The molecule has 2 aliphatic heterocycles. The maximum Gasteiger partial charge on any atom is 0.331 e. The highest BCUT2D eigenvalue weighted by atomic mass is 16.6. The smallest absolute Gasteiger partial charge is 0.331 e. The molecule has 14 heteroatoms. The number of esters is 2. The normalized spacial score (nSPS) is 32.5. The first-order valence-corrected chi connectivity index (χ1v) is 23.6. The van der Waals surface area contributed by atoms with Crippen molar-refractivity contribution in [1.29, 1.82) is 0 Å². The SMILES string of the molecule is COC1CC2=CC(=O)O[C@H](C2)[C@H](C)[C@H](OC)C[C@@H](OC)/C=C/[C@H](C)[C@@H](OC)C[C@@H](OC)/C=C/[C@H](C)[C@@H]([C@@H](C)[C@@H](OC)[C@@H](C)CCC(=O)[C@H](C)[C@@H](CCC(=O)O)OC)OC(=O)/C=C/C=C(\C)C1. The van der Waals surface area contributed by atoms with E-state index < -0.39 is 30.1 Å². The summed E-state index contributed by atoms with van der Waals surface area (Å²) < 4.78 is 53.5. The van der Waals surface area contributed by atoms with Crippen LogP contribution in [0.3, 0.4) is 0 Å². The minimum absolute atomic E-state index is 0.0116. The Kier molecular flexibility index (Phi) is 27.4. The molecule has 0 spiro atoms. The van der Waals surface area contributed by atoms with E-state index in [0.29, 0.717) is 38.5 Å². The number of ether oxygens (including phenoxy) is 9. The second-order valence-corrected chi connectivity index (χ2v) is 18.5. The molecule has 66 heavy (non-hydrogen) atoms. The van der Waals surface area contributed by atoms with E-state index >= 15 is 0 Å². The molecule has 0 radical (unpaired) electrons. The largest absolute Gasteiger partial charge is 0.481 e. The number of carbonyl (C=O) groups is 4. The molecular formula is C52H84O14. The van der Waals surface area contributed by atoms with Crippen molar-refractivity contribution >= 4 is 23.7 Å². The van der Waals surface area contributed by atoms with E-state index in [1.807, 2.05) is 58.9 Å². The van der Waals surface area contributed by atoms with Crippen molar-refractivity contribution in [2.24, 2.45) is 35.5 Å². The van der Waals surface area contributed by atoms with Gasteiger partial charge in [0.05, 0.1) is 42.7 Å². The van der Waals surface area contributed by atoms with Gasteiger partial charge >= 0.3 is 17.9 Å². The topological polar surface area (TPSA) is 172 Å². The summed E-state index contributed by atoms with van der Waals surface area (Å²) in [5.41, 5.74) is 1.91. The number of rotatable bonds is 18. The maximum absolute atomic E-state index is 13.7. The number of cyclic esters (lactones) is 1. The molecule has 0 saturated carbocycles. The molecule has 0 fully saturated rings. The van der Waals surface area contributed by atoms with Gasteiger partial charge in [0, 0.05) is 124 Å². The van der Waals surface area contributed by atoms with Gasteiger partial charge in [0.2, 0.25) is 0 Å². The van der Waals surface area contributed by atoms with E-state index in [0.717, 1.165) is 11.1 Å². The van der Waals surface area contributed by atoms with Gasteiger partial charge < -0.3 is 47.7 Å². The molecule has 15 atom stereocenters. The van der Waals surface area contributed by atoms with Crippen molar-refractivity contribution in [2.45, 2.75) is 161 Å². The first-order chi connectivity index (χ1) is 31.4. The van der Waals surface area contributed by atoms with Gasteiger partial charge in [0.25, 0.3) is 0 Å². The summed E-state index contributed by atoms with van der Waals surface area (Å²) in [4.78, 5) is 51.1. The summed E-state index contributed by atoms with van der Waals surface area (Å²) in [5.74, 6) is -3.14. The zero-order valence-electron chi connectivity index (χ0n) is 42.4. The fourth-order valence-corrected chi connectivity index (χ4v) is 9.31. The van der Waals surface area contributed by atoms with Crippen LogP contribution in [-0.4, -0.2) is 134 Å². The van der Waals surface area contributed by atoms with Gasteiger partial charge in [0.1, 0.15) is 18.0 Å². The minimum atomic E-state index is -0.935. The molecular weight excluding hydrogens is 849 g/mol. The maximum atomic E-state index is 13.7. The van der Waals surface area contributed by atoms with Crippen molar-refractivity contribution in [2.75, 3.05) is 49.8 Å². The van der Waals surface area contributed by atoms with Crippen LogP contribution in [0, 0.1) is 35.5 Å². The van der Waals surface area contributed by atoms with Crippen LogP contribution in [0.5, 0.6) is 0 Å². The minimum Gasteiger partial charge on any atom is -0.481 e. The molecule has 376 valence electrons. The van der Waals surface area contributed by atoms with Crippen LogP contribution in [0.25, 0.3) is 0 Å². The van der Waals surface area contributed by atoms with Gasteiger partial charge in [-0.1, -0.05) is 89.1 Å². The summed E-state index contributed by atoms with van der Waals surface area (Å²) in [6.45, 7) is 13.9. The number of aliphatic carboxylic acids is 1. The Balaban J connectivity index is 2.51. The average molecular weight is 933 g/mol. The Morgan fingerprint density at radius 3 is 1.91 bits per heavy atom. The van der Waals surface area contributed by atoms with Crippen LogP contribution in [0.15, 0.2) is 59.8 Å². The van der Waals surface area contributed by atoms with Crippen LogP contribution in [-0.2, 0) is 61.8 Å². The molecule has 0 aromatic carbocycles. The van der Waals surface area contributed by atoms with Gasteiger partial charge in [-0.05, 0) is 38.5 Å². The molecule has 0 amide bonds. The van der Waals surface area contributed by atoms with Gasteiger partial charge in [-0.3, -0.25) is 9.59 Å². The predicted octanol–water partition coefficient (Wildman–Crippen LogP) is 8.46. The highest BCUT2D eigenvalue weighted by Gasteiger charge is 2.37. The van der Waals surface area contributed by atoms with Crippen molar-refractivity contribution in [1.82, 2.24) is 0 Å². The number of Topliss-reactive ketones (excluding diaryl/α,β-unsaturated/α-hetero) is 1. The third-order valence-electron chi connectivity index (χ3n) is 13.7. The third kappa shape index (κ3) is 19.6. The van der Waals surface area contributed by atoms with Crippen LogP contribution in [0.2, 0.25) is 0 Å². The Morgan fingerprint density at radius 1 is 0.727 bits per heavy atom. The van der Waals surface area contributed by atoms with Crippen LogP contribution in [0.1, 0.15) is 106 Å². The van der Waals surface area contributed by atoms with Gasteiger partial charge in [0.15, 0.2) is 0 Å². The number of ketones is 1. The molecule has 0 aromatic rings. The second kappa shape index (κ2) is 30.8. The number of carboxylic acids is 1. The van der Waals surface area contributed by atoms with Gasteiger partial charge in [-0.25, -0.2) is 9.59 Å². The summed E-state index contributed by atoms with van der Waals surface area (Å²) in [6, 6.07) is 0. The second-order valence-electron chi connectivity index (χ2n) is 18.5. The summed E-state index contributed by atoms with van der Waals surface area (Å²) in [6.07, 6.45) is 15.2. The highest BCUT2D eigenvalue weighted by molar-refractivity contribution is 5.84. The lowest BCUT2D eigenvalue weighted by molar-refractivity contribution is -0.152. The molecule has 2 heterocycles. The quantitative estimate of drug-likeness (QED) is 0.103.